The van der Waals surface area contributed by atoms with Crippen molar-refractivity contribution in [2.24, 2.45) is 0 Å². The van der Waals surface area contributed by atoms with Gasteiger partial charge in [-0.05, 0) is 12.1 Å². The van der Waals surface area contributed by atoms with Gasteiger partial charge < -0.3 is 19.3 Å². The minimum Gasteiger partial charge on any atom is -0.493 e. The Morgan fingerprint density at radius 1 is 1.11 bits per heavy atom. The number of pyridine rings is 1. The largest absolute Gasteiger partial charge is 0.493 e. The van der Waals surface area contributed by atoms with Gasteiger partial charge in [0.15, 0.2) is 17.2 Å². The average molecular weight is 263 g/mol. The van der Waals surface area contributed by atoms with Crippen LogP contribution in [0.3, 0.4) is 0 Å². The fraction of sp³-hybridized carbons (Fsp3) is 0.231. The maximum Gasteiger partial charge on any atom is 0.355 e. The number of methoxy groups -OCH3 is 3. The van der Waals surface area contributed by atoms with Crippen molar-refractivity contribution in [1.82, 2.24) is 4.98 Å². The summed E-state index contributed by atoms with van der Waals surface area (Å²) in [5, 5.41) is 10.2. The van der Waals surface area contributed by atoms with Crippen LogP contribution in [0, 0.1) is 0 Å². The van der Waals surface area contributed by atoms with Crippen molar-refractivity contribution in [2.45, 2.75) is 0 Å². The van der Waals surface area contributed by atoms with Gasteiger partial charge in [-0.3, -0.25) is 0 Å². The highest BCUT2D eigenvalue weighted by Crippen LogP contribution is 2.43. The lowest BCUT2D eigenvalue weighted by Gasteiger charge is -2.15. The maximum absolute atomic E-state index is 11.2. The van der Waals surface area contributed by atoms with Gasteiger partial charge in [-0.25, -0.2) is 9.78 Å². The summed E-state index contributed by atoms with van der Waals surface area (Å²) in [7, 11) is 4.45. The molecule has 2 rings (SSSR count). The molecular formula is C13H13NO5. The second-order valence-corrected chi connectivity index (χ2v) is 3.71. The lowest BCUT2D eigenvalue weighted by atomic mass is 10.1. The lowest BCUT2D eigenvalue weighted by Crippen LogP contribution is -2.03. The van der Waals surface area contributed by atoms with E-state index in [1.165, 1.54) is 27.5 Å². The Kier molecular flexibility index (Phi) is 3.41. The van der Waals surface area contributed by atoms with E-state index in [-0.39, 0.29) is 5.69 Å². The number of carboxylic acid groups (broad SMARTS) is 1. The standard InChI is InChI=1S/C13H13NO5/c1-17-9-6-8-7(11(18-2)12(9)19-3)4-5-14-10(8)13(15)16/h4-6H,1-3H3,(H,15,16). The predicted octanol–water partition coefficient (Wildman–Crippen LogP) is 1.96. The van der Waals surface area contributed by atoms with Crippen LogP contribution in [0.1, 0.15) is 10.5 Å². The van der Waals surface area contributed by atoms with E-state index in [9.17, 15) is 4.79 Å². The van der Waals surface area contributed by atoms with E-state index in [4.69, 9.17) is 19.3 Å². The highest BCUT2D eigenvalue weighted by atomic mass is 16.5. The zero-order valence-electron chi connectivity index (χ0n) is 10.8. The summed E-state index contributed by atoms with van der Waals surface area (Å²) in [6.07, 6.45) is 1.42. The smallest absolute Gasteiger partial charge is 0.355 e. The van der Waals surface area contributed by atoms with Gasteiger partial charge in [-0.15, -0.1) is 0 Å². The maximum atomic E-state index is 11.2. The first-order valence-corrected chi connectivity index (χ1v) is 5.45. The summed E-state index contributed by atoms with van der Waals surface area (Å²) >= 11 is 0. The monoisotopic (exact) mass is 263 g/mol. The molecule has 6 nitrogen and oxygen atoms in total. The summed E-state index contributed by atoms with van der Waals surface area (Å²) in [5.41, 5.74) is -0.0586. The first-order valence-electron chi connectivity index (χ1n) is 5.45. The van der Waals surface area contributed by atoms with Crippen LogP contribution in [0.15, 0.2) is 18.3 Å². The predicted molar refractivity (Wildman–Crippen MR) is 68.4 cm³/mol. The van der Waals surface area contributed by atoms with Gasteiger partial charge in [0, 0.05) is 17.0 Å². The molecule has 0 aliphatic heterocycles. The zero-order chi connectivity index (χ0) is 14.0. The number of hydrogen-bond acceptors (Lipinski definition) is 5. The number of ether oxygens (including phenoxy) is 3. The number of carboxylic acids is 1. The van der Waals surface area contributed by atoms with E-state index < -0.39 is 5.97 Å². The van der Waals surface area contributed by atoms with Crippen LogP contribution in [0.5, 0.6) is 17.2 Å². The van der Waals surface area contributed by atoms with Crippen LogP contribution in [0.4, 0.5) is 0 Å². The van der Waals surface area contributed by atoms with Crippen LogP contribution in [0.2, 0.25) is 0 Å². The number of aromatic nitrogens is 1. The van der Waals surface area contributed by atoms with Crippen LogP contribution >= 0.6 is 0 Å². The molecule has 0 fully saturated rings. The molecule has 0 atom stereocenters. The van der Waals surface area contributed by atoms with Crippen molar-refractivity contribution in [3.63, 3.8) is 0 Å². The molecule has 0 bridgehead atoms. The first kappa shape index (κ1) is 12.9. The molecular weight excluding hydrogens is 250 g/mol. The van der Waals surface area contributed by atoms with Crippen molar-refractivity contribution in [1.29, 1.82) is 0 Å². The highest BCUT2D eigenvalue weighted by Gasteiger charge is 2.20. The fourth-order valence-electron chi connectivity index (χ4n) is 1.97. The number of nitrogens with zero attached hydrogens (tertiary/aromatic N) is 1. The summed E-state index contributed by atoms with van der Waals surface area (Å²) in [6, 6.07) is 3.25. The first-order chi connectivity index (χ1) is 9.13. The molecule has 0 aliphatic carbocycles. The van der Waals surface area contributed by atoms with Crippen molar-refractivity contribution >= 4 is 16.7 Å². The Morgan fingerprint density at radius 3 is 2.32 bits per heavy atom. The van der Waals surface area contributed by atoms with E-state index in [0.29, 0.717) is 28.0 Å². The second kappa shape index (κ2) is 5.01. The molecule has 0 radical (unpaired) electrons. The molecule has 0 amide bonds. The van der Waals surface area contributed by atoms with Gasteiger partial charge in [0.1, 0.15) is 0 Å². The van der Waals surface area contributed by atoms with Gasteiger partial charge >= 0.3 is 5.97 Å². The zero-order valence-corrected chi connectivity index (χ0v) is 10.8. The molecule has 2 aromatic rings. The Labute approximate surface area is 109 Å². The summed E-state index contributed by atoms with van der Waals surface area (Å²) in [4.78, 5) is 15.1. The molecule has 6 heteroatoms. The molecule has 0 unspecified atom stereocenters. The molecule has 0 saturated heterocycles. The topological polar surface area (TPSA) is 77.9 Å². The van der Waals surface area contributed by atoms with Crippen molar-refractivity contribution in [3.05, 3.63) is 24.0 Å². The van der Waals surface area contributed by atoms with E-state index in [2.05, 4.69) is 4.98 Å². The van der Waals surface area contributed by atoms with Crippen LogP contribution < -0.4 is 14.2 Å². The Bertz CT molecular complexity index is 638. The SMILES string of the molecule is COc1cc2c(C(=O)O)nccc2c(OC)c1OC. The highest BCUT2D eigenvalue weighted by molar-refractivity contribution is 6.05. The Balaban J connectivity index is 2.92. The lowest BCUT2D eigenvalue weighted by molar-refractivity contribution is 0.0693. The summed E-state index contributed by atoms with van der Waals surface area (Å²) in [5.74, 6) is 0.115. The van der Waals surface area contributed by atoms with E-state index in [0.717, 1.165) is 0 Å². The third kappa shape index (κ3) is 2.01. The third-order valence-electron chi connectivity index (χ3n) is 2.77. The van der Waals surface area contributed by atoms with Crippen LogP contribution in [0.25, 0.3) is 10.8 Å². The fourth-order valence-corrected chi connectivity index (χ4v) is 1.97. The normalized spacial score (nSPS) is 10.3. The summed E-state index contributed by atoms with van der Waals surface area (Å²) < 4.78 is 15.7. The molecule has 0 saturated carbocycles. The van der Waals surface area contributed by atoms with Gasteiger partial charge in [-0.1, -0.05) is 0 Å². The minimum atomic E-state index is -1.11. The van der Waals surface area contributed by atoms with Gasteiger partial charge in [0.2, 0.25) is 5.75 Å². The molecule has 0 aliphatic rings. The number of rotatable bonds is 4. The quantitative estimate of drug-likeness (QED) is 0.908. The Hall–Kier alpha value is -2.50. The molecule has 1 N–H and O–H groups in total. The average Bonchev–Trinajstić information content (AvgIpc) is 2.43. The Morgan fingerprint density at radius 2 is 1.79 bits per heavy atom. The number of benzene rings is 1. The third-order valence-corrected chi connectivity index (χ3v) is 2.77. The van der Waals surface area contributed by atoms with Crippen LogP contribution in [-0.4, -0.2) is 37.4 Å². The van der Waals surface area contributed by atoms with Crippen molar-refractivity contribution in [3.8, 4) is 17.2 Å². The van der Waals surface area contributed by atoms with Crippen molar-refractivity contribution < 1.29 is 24.1 Å². The molecule has 1 aromatic carbocycles. The number of carbonyl (C=O) groups is 1. The summed E-state index contributed by atoms with van der Waals surface area (Å²) in [6.45, 7) is 0. The van der Waals surface area contributed by atoms with Crippen LogP contribution in [-0.2, 0) is 0 Å². The minimum absolute atomic E-state index is 0.0586. The van der Waals surface area contributed by atoms with Gasteiger partial charge in [0.25, 0.3) is 0 Å². The molecule has 19 heavy (non-hydrogen) atoms. The van der Waals surface area contributed by atoms with E-state index in [1.54, 1.807) is 12.1 Å². The molecule has 0 spiro atoms. The van der Waals surface area contributed by atoms with E-state index in [1.807, 2.05) is 0 Å². The number of aromatic carboxylic acids is 1. The van der Waals surface area contributed by atoms with Crippen molar-refractivity contribution in [2.75, 3.05) is 21.3 Å². The molecule has 100 valence electrons. The molecule has 1 aromatic heterocycles. The number of fused-ring (bicyclic) bond motifs is 1. The van der Waals surface area contributed by atoms with Gasteiger partial charge in [0.05, 0.1) is 21.3 Å². The van der Waals surface area contributed by atoms with E-state index >= 15 is 0 Å². The van der Waals surface area contributed by atoms with Gasteiger partial charge in [-0.2, -0.15) is 0 Å². The number of hydrogen-bond donors (Lipinski definition) is 1. The second-order valence-electron chi connectivity index (χ2n) is 3.71. The molecule has 1 heterocycles.